The Bertz CT molecular complexity index is 1010. The molecule has 1 aliphatic carbocycles. The number of thiazole rings is 1. The lowest BCUT2D eigenvalue weighted by molar-refractivity contribution is -0.131. The normalized spacial score (nSPS) is 21.8. The van der Waals surface area contributed by atoms with Gasteiger partial charge in [0, 0.05) is 25.2 Å². The minimum absolute atomic E-state index is 0.0370. The van der Waals surface area contributed by atoms with Crippen LogP contribution in [0.15, 0.2) is 36.0 Å². The molecular weight excluding hydrogens is 374 g/mol. The molecule has 3 heterocycles. The van der Waals surface area contributed by atoms with Crippen molar-refractivity contribution in [3.63, 3.8) is 0 Å². The first kappa shape index (κ1) is 17.4. The average Bonchev–Trinajstić information content (AvgIpc) is 3.09. The molecule has 1 aliphatic heterocycles. The van der Waals surface area contributed by atoms with Crippen LogP contribution in [-0.4, -0.2) is 46.1 Å². The van der Waals surface area contributed by atoms with E-state index < -0.39 is 0 Å². The van der Waals surface area contributed by atoms with Gasteiger partial charge in [0.25, 0.3) is 0 Å². The van der Waals surface area contributed by atoms with Gasteiger partial charge in [-0.1, -0.05) is 6.07 Å². The number of aromatic nitrogens is 3. The summed E-state index contributed by atoms with van der Waals surface area (Å²) in [6.45, 7) is 3.47. The highest BCUT2D eigenvalue weighted by atomic mass is 32.1. The number of aryl methyl sites for hydroxylation is 1. The van der Waals surface area contributed by atoms with Gasteiger partial charge in [-0.15, -0.1) is 11.3 Å². The topological polar surface area (TPSA) is 80.2 Å². The number of hydrogen-bond acceptors (Lipinski definition) is 7. The summed E-state index contributed by atoms with van der Waals surface area (Å²) in [6.07, 6.45) is 3.37. The van der Waals surface area contributed by atoms with Gasteiger partial charge in [0.1, 0.15) is 29.0 Å². The van der Waals surface area contributed by atoms with Crippen LogP contribution in [0.2, 0.25) is 0 Å². The summed E-state index contributed by atoms with van der Waals surface area (Å²) in [5.74, 6) is 2.67. The zero-order valence-corrected chi connectivity index (χ0v) is 16.4. The number of hydrogen-bond donors (Lipinski definition) is 1. The van der Waals surface area contributed by atoms with Crippen molar-refractivity contribution in [1.82, 2.24) is 20.3 Å². The van der Waals surface area contributed by atoms with Crippen LogP contribution in [0.3, 0.4) is 0 Å². The van der Waals surface area contributed by atoms with Crippen molar-refractivity contribution >= 4 is 33.3 Å². The minimum atomic E-state index is 0.0370. The Kier molecular flexibility index (Phi) is 4.35. The van der Waals surface area contributed by atoms with Crippen molar-refractivity contribution in [2.75, 3.05) is 18.0 Å². The molecule has 2 aliphatic rings. The second kappa shape index (κ2) is 7.01. The van der Waals surface area contributed by atoms with E-state index in [2.05, 4.69) is 25.2 Å². The van der Waals surface area contributed by atoms with Gasteiger partial charge in [-0.05, 0) is 38.0 Å². The molecule has 3 aromatic rings. The second-order valence-electron chi connectivity index (χ2n) is 7.44. The van der Waals surface area contributed by atoms with E-state index in [4.69, 9.17) is 4.74 Å². The third-order valence-corrected chi connectivity index (χ3v) is 6.19. The van der Waals surface area contributed by atoms with Crippen molar-refractivity contribution < 1.29 is 9.53 Å². The number of fused-ring (bicyclic) bond motifs is 1. The van der Waals surface area contributed by atoms with E-state index in [1.54, 1.807) is 17.5 Å². The molecule has 0 bridgehead atoms. The van der Waals surface area contributed by atoms with Crippen LogP contribution < -0.4 is 15.0 Å². The van der Waals surface area contributed by atoms with E-state index in [9.17, 15) is 4.79 Å². The number of carbonyl (C=O) groups is 1. The number of ether oxygens (including phenoxy) is 1. The molecule has 8 heteroatoms. The number of benzene rings is 1. The zero-order chi connectivity index (χ0) is 19.1. The lowest BCUT2D eigenvalue weighted by Gasteiger charge is -2.42. The van der Waals surface area contributed by atoms with Crippen LogP contribution in [0.25, 0.3) is 10.2 Å². The Morgan fingerprint density at radius 1 is 1.25 bits per heavy atom. The number of carbonyl (C=O) groups excluding carboxylic acids is 1. The summed E-state index contributed by atoms with van der Waals surface area (Å²) in [5.41, 5.74) is 2.74. The highest BCUT2D eigenvalue weighted by molar-refractivity contribution is 7.16. The SMILES string of the molecule is Cc1nccc(N2CC(NC(=O)[C@H]3C[C@H](Oc4cccc5scnc45)C3)C2)n1. The second-order valence-corrected chi connectivity index (χ2v) is 8.32. The standard InChI is InChI=1S/C20H21N5O2S/c1-12-21-6-5-18(23-12)25-9-14(10-25)24-20(26)13-7-15(8-13)27-16-3-2-4-17-19(16)22-11-28-17/h2-6,11,13-15H,7-10H2,1H3,(H,24,26)/t13-,15-. The Morgan fingerprint density at radius 2 is 2.11 bits per heavy atom. The summed E-state index contributed by atoms with van der Waals surface area (Å²) in [5, 5.41) is 3.15. The predicted octanol–water partition coefficient (Wildman–Crippen LogP) is 2.56. The van der Waals surface area contributed by atoms with E-state index in [1.807, 2.05) is 36.7 Å². The number of para-hydroxylation sites is 1. The molecule has 0 radical (unpaired) electrons. The molecule has 1 saturated carbocycles. The Morgan fingerprint density at radius 3 is 2.93 bits per heavy atom. The number of nitrogens with one attached hydrogen (secondary N) is 1. The summed E-state index contributed by atoms with van der Waals surface area (Å²) in [6, 6.07) is 8.07. The first-order chi connectivity index (χ1) is 13.7. The summed E-state index contributed by atoms with van der Waals surface area (Å²) in [4.78, 5) is 27.5. The van der Waals surface area contributed by atoms with Crippen molar-refractivity contribution in [1.29, 1.82) is 0 Å². The van der Waals surface area contributed by atoms with E-state index in [1.165, 1.54) is 0 Å². The molecule has 1 N–H and O–H groups in total. The molecule has 0 atom stereocenters. The first-order valence-corrected chi connectivity index (χ1v) is 10.4. The van der Waals surface area contributed by atoms with Gasteiger partial charge in [-0.2, -0.15) is 0 Å². The van der Waals surface area contributed by atoms with E-state index >= 15 is 0 Å². The van der Waals surface area contributed by atoms with E-state index in [0.29, 0.717) is 0 Å². The first-order valence-electron chi connectivity index (χ1n) is 9.49. The van der Waals surface area contributed by atoms with Crippen LogP contribution in [0.5, 0.6) is 5.75 Å². The van der Waals surface area contributed by atoms with Crippen LogP contribution >= 0.6 is 11.3 Å². The van der Waals surface area contributed by atoms with Gasteiger partial charge in [0.15, 0.2) is 0 Å². The number of nitrogens with zero attached hydrogens (tertiary/aromatic N) is 4. The van der Waals surface area contributed by atoms with Crippen LogP contribution in [0.1, 0.15) is 18.7 Å². The minimum Gasteiger partial charge on any atom is -0.488 e. The maximum atomic E-state index is 12.5. The lowest BCUT2D eigenvalue weighted by Crippen LogP contribution is -2.61. The fraction of sp³-hybridized carbons (Fsp3) is 0.400. The van der Waals surface area contributed by atoms with Crippen LogP contribution in [-0.2, 0) is 4.79 Å². The number of anilines is 1. The molecule has 0 unspecified atom stereocenters. The molecule has 2 fully saturated rings. The molecule has 1 saturated heterocycles. The average molecular weight is 395 g/mol. The quantitative estimate of drug-likeness (QED) is 0.715. The Hall–Kier alpha value is -2.74. The van der Waals surface area contributed by atoms with Gasteiger partial charge < -0.3 is 15.0 Å². The molecule has 28 heavy (non-hydrogen) atoms. The van der Waals surface area contributed by atoms with Crippen molar-refractivity contribution in [2.24, 2.45) is 5.92 Å². The van der Waals surface area contributed by atoms with Gasteiger partial charge >= 0.3 is 0 Å². The lowest BCUT2D eigenvalue weighted by atomic mass is 9.81. The summed E-state index contributed by atoms with van der Waals surface area (Å²) < 4.78 is 7.20. The summed E-state index contributed by atoms with van der Waals surface area (Å²) >= 11 is 1.61. The van der Waals surface area contributed by atoms with Gasteiger partial charge in [-0.3, -0.25) is 4.79 Å². The van der Waals surface area contributed by atoms with Crippen molar-refractivity contribution in [3.05, 3.63) is 41.8 Å². The summed E-state index contributed by atoms with van der Waals surface area (Å²) in [7, 11) is 0. The smallest absolute Gasteiger partial charge is 0.223 e. The highest BCUT2D eigenvalue weighted by Gasteiger charge is 2.38. The maximum Gasteiger partial charge on any atom is 0.223 e. The fourth-order valence-electron chi connectivity index (χ4n) is 3.71. The van der Waals surface area contributed by atoms with Crippen molar-refractivity contribution in [3.8, 4) is 5.75 Å². The Balaban J connectivity index is 1.09. The molecule has 144 valence electrons. The monoisotopic (exact) mass is 395 g/mol. The maximum absolute atomic E-state index is 12.5. The van der Waals surface area contributed by atoms with E-state index in [0.717, 1.165) is 53.5 Å². The van der Waals surface area contributed by atoms with Gasteiger partial charge in [-0.25, -0.2) is 15.0 Å². The predicted molar refractivity (Wildman–Crippen MR) is 108 cm³/mol. The molecule has 1 aromatic carbocycles. The fourth-order valence-corrected chi connectivity index (χ4v) is 4.40. The molecule has 2 aromatic heterocycles. The largest absolute Gasteiger partial charge is 0.488 e. The molecule has 5 rings (SSSR count). The number of rotatable bonds is 5. The Labute approximate surface area is 166 Å². The van der Waals surface area contributed by atoms with Crippen LogP contribution in [0.4, 0.5) is 5.82 Å². The molecule has 7 nitrogen and oxygen atoms in total. The number of amides is 1. The molecule has 0 spiro atoms. The molecular formula is C20H21N5O2S. The van der Waals surface area contributed by atoms with Gasteiger partial charge in [0.2, 0.25) is 5.91 Å². The highest BCUT2D eigenvalue weighted by Crippen LogP contribution is 2.35. The third-order valence-electron chi connectivity index (χ3n) is 5.40. The van der Waals surface area contributed by atoms with Gasteiger partial charge in [0.05, 0.1) is 16.3 Å². The van der Waals surface area contributed by atoms with E-state index in [-0.39, 0.29) is 24.0 Å². The van der Waals surface area contributed by atoms with Crippen molar-refractivity contribution in [2.45, 2.75) is 31.9 Å². The third kappa shape index (κ3) is 3.28. The molecule has 1 amide bonds. The van der Waals surface area contributed by atoms with Crippen LogP contribution in [0, 0.1) is 12.8 Å². The zero-order valence-electron chi connectivity index (χ0n) is 15.5.